The van der Waals surface area contributed by atoms with Gasteiger partial charge >= 0.3 is 11.9 Å². The molecule has 7 rings (SSSR count). The third kappa shape index (κ3) is 4.00. The number of nitrogens with zero attached hydrogens (tertiary/aromatic N) is 1. The van der Waals surface area contributed by atoms with E-state index in [1.807, 2.05) is 13.0 Å². The first-order chi connectivity index (χ1) is 23.0. The molecule has 5 aliphatic carbocycles. The van der Waals surface area contributed by atoms with Crippen LogP contribution in [0.1, 0.15) is 44.0 Å². The van der Waals surface area contributed by atoms with Crippen molar-refractivity contribution in [3.05, 3.63) is 35.9 Å². The number of methoxy groups -OCH3 is 4. The molecule has 7 bridgehead atoms. The first-order valence-corrected chi connectivity index (χ1v) is 17.3. The van der Waals surface area contributed by atoms with Crippen molar-refractivity contribution in [2.75, 3.05) is 54.7 Å². The molecule has 48 heavy (non-hydrogen) atoms. The fourth-order valence-electron chi connectivity index (χ4n) is 12.7. The zero-order valence-electron chi connectivity index (χ0n) is 29.0. The van der Waals surface area contributed by atoms with E-state index >= 15 is 0 Å². The van der Waals surface area contributed by atoms with Crippen molar-refractivity contribution in [2.24, 2.45) is 34.5 Å². The Morgan fingerprint density at radius 2 is 1.69 bits per heavy atom. The fraction of sp³-hybridized carbons (Fsp3) is 0.778. The molecule has 0 radical (unpaired) electrons. The molecule has 1 spiro atoms. The van der Waals surface area contributed by atoms with Gasteiger partial charge in [-0.3, -0.25) is 9.69 Å². The summed E-state index contributed by atoms with van der Waals surface area (Å²) in [7, 11) is 6.51. The van der Waals surface area contributed by atoms with Crippen molar-refractivity contribution in [1.82, 2.24) is 4.90 Å². The molecule has 1 saturated heterocycles. The van der Waals surface area contributed by atoms with Gasteiger partial charge < -0.3 is 43.4 Å². The summed E-state index contributed by atoms with van der Waals surface area (Å²) in [6, 6.07) is 8.51. The minimum Gasteiger partial charge on any atom is -0.462 e. The van der Waals surface area contributed by atoms with E-state index in [1.54, 1.807) is 45.6 Å². The number of aliphatic hydroxyl groups is 2. The maximum Gasteiger partial charge on any atom is 0.338 e. The average Bonchev–Trinajstić information content (AvgIpc) is 3.44. The smallest absolute Gasteiger partial charge is 0.338 e. The molecule has 12 nitrogen and oxygen atoms in total. The van der Waals surface area contributed by atoms with E-state index in [0.29, 0.717) is 31.7 Å². The molecule has 12 heteroatoms. The number of esters is 2. The lowest BCUT2D eigenvalue weighted by Crippen LogP contribution is -2.81. The Morgan fingerprint density at radius 1 is 0.958 bits per heavy atom. The number of benzene rings is 1. The van der Waals surface area contributed by atoms with Gasteiger partial charge in [0.25, 0.3) is 0 Å². The number of hydrogen-bond acceptors (Lipinski definition) is 12. The van der Waals surface area contributed by atoms with Crippen LogP contribution in [0.5, 0.6) is 0 Å². The predicted molar refractivity (Wildman–Crippen MR) is 170 cm³/mol. The first-order valence-electron chi connectivity index (χ1n) is 17.3. The second-order valence-electron chi connectivity index (χ2n) is 14.8. The van der Waals surface area contributed by atoms with Crippen LogP contribution in [-0.2, 0) is 38.0 Å². The summed E-state index contributed by atoms with van der Waals surface area (Å²) in [4.78, 5) is 28.9. The van der Waals surface area contributed by atoms with Crippen LogP contribution >= 0.6 is 0 Å². The van der Waals surface area contributed by atoms with Crippen LogP contribution in [0.2, 0.25) is 0 Å². The lowest BCUT2D eigenvalue weighted by molar-refractivity contribution is -0.330. The summed E-state index contributed by atoms with van der Waals surface area (Å²) >= 11 is 0. The molecule has 15 atom stereocenters. The van der Waals surface area contributed by atoms with Crippen molar-refractivity contribution >= 4 is 11.9 Å². The van der Waals surface area contributed by atoms with Gasteiger partial charge in [-0.25, -0.2) is 4.79 Å². The summed E-state index contributed by atoms with van der Waals surface area (Å²) in [5.41, 5.74) is -4.14. The maximum absolute atomic E-state index is 13.8. The Balaban J connectivity index is 1.51. The monoisotopic (exact) mass is 673 g/mol. The van der Waals surface area contributed by atoms with Crippen LogP contribution in [0.15, 0.2) is 30.3 Å². The van der Waals surface area contributed by atoms with Gasteiger partial charge in [0.05, 0.1) is 24.4 Å². The predicted octanol–water partition coefficient (Wildman–Crippen LogP) is 1.69. The number of ether oxygens (including phenoxy) is 7. The van der Waals surface area contributed by atoms with Crippen LogP contribution in [0.3, 0.4) is 0 Å². The van der Waals surface area contributed by atoms with Gasteiger partial charge in [-0.2, -0.15) is 0 Å². The number of hydrogen-bond donors (Lipinski definition) is 2. The molecular formula is C36H51NO11. The average molecular weight is 674 g/mol. The highest BCUT2D eigenvalue weighted by molar-refractivity contribution is 5.89. The van der Waals surface area contributed by atoms with Crippen molar-refractivity contribution in [1.29, 1.82) is 0 Å². The molecule has 266 valence electrons. The molecule has 1 aromatic carbocycles. The molecule has 1 aliphatic heterocycles. The molecule has 1 heterocycles. The SMILES string of the molecule is CCO[C@@]12C3C4N(CC)C[C@]5(COC)[C@H](OC(C)=O)C[C@H](OC)C4([C@@H]4C[C@@](O)([C@@H](OC(=O)c6ccccc6)C41)[C@@H](OC)[C@@H]2O)[C@@H]5[C@H]3OC. The normalized spacial score (nSPS) is 48.3. The highest BCUT2D eigenvalue weighted by atomic mass is 16.6. The van der Waals surface area contributed by atoms with E-state index in [-0.39, 0.29) is 36.9 Å². The van der Waals surface area contributed by atoms with Gasteiger partial charge in [0, 0.05) is 89.6 Å². The number of carbonyl (C=O) groups is 2. The second kappa shape index (κ2) is 12.0. The maximum atomic E-state index is 13.8. The standard InChI is InChI=1S/C36H51NO11/c1-8-37-17-33(18-42-4)22(47-19(3)38)15-23(43-5)35-21-16-34(41)30(48-32(40)20-13-11-10-12-14-20)24(21)36(46-9-2,29(39)31(34)45-7)25(28(35)37)26(44-6)27(33)35/h10-14,21-31,39,41H,8-9,15-18H2,1-7H3/t21-,22-,23+,24?,25?,26+,27-,28?,29+,30+,31+,33+,34-,35?,36-/m1/s1. The largest absolute Gasteiger partial charge is 0.462 e. The van der Waals surface area contributed by atoms with E-state index in [4.69, 9.17) is 33.2 Å². The second-order valence-corrected chi connectivity index (χ2v) is 14.8. The lowest BCUT2D eigenvalue weighted by atomic mass is 9.42. The van der Waals surface area contributed by atoms with Gasteiger partial charge in [0.2, 0.25) is 0 Å². The van der Waals surface area contributed by atoms with Gasteiger partial charge in [-0.1, -0.05) is 25.1 Å². The lowest BCUT2D eigenvalue weighted by Gasteiger charge is -2.70. The highest BCUT2D eigenvalue weighted by Crippen LogP contribution is 2.80. The molecule has 6 fully saturated rings. The Bertz CT molecular complexity index is 1400. The molecule has 6 aliphatic rings. The molecule has 0 amide bonds. The van der Waals surface area contributed by atoms with Gasteiger partial charge in [-0.15, -0.1) is 0 Å². The molecule has 4 unspecified atom stereocenters. The zero-order chi connectivity index (χ0) is 34.4. The quantitative estimate of drug-likeness (QED) is 0.330. The molecule has 1 aromatic rings. The summed E-state index contributed by atoms with van der Waals surface area (Å²) in [5, 5.41) is 25.5. The van der Waals surface area contributed by atoms with Crippen LogP contribution in [0, 0.1) is 34.5 Å². The van der Waals surface area contributed by atoms with Crippen LogP contribution in [0.4, 0.5) is 0 Å². The first kappa shape index (κ1) is 34.3. The van der Waals surface area contributed by atoms with Gasteiger partial charge in [0.15, 0.2) is 0 Å². The van der Waals surface area contributed by atoms with Crippen molar-refractivity contribution < 1.29 is 53.0 Å². The van der Waals surface area contributed by atoms with Gasteiger partial charge in [-0.05, 0) is 37.9 Å². The van der Waals surface area contributed by atoms with E-state index in [2.05, 4.69) is 11.8 Å². The minimum atomic E-state index is -1.74. The van der Waals surface area contributed by atoms with E-state index in [1.165, 1.54) is 14.0 Å². The van der Waals surface area contributed by atoms with Crippen LogP contribution in [0.25, 0.3) is 0 Å². The Kier molecular flexibility index (Phi) is 8.55. The molecule has 2 N–H and O–H groups in total. The van der Waals surface area contributed by atoms with Crippen molar-refractivity contribution in [3.63, 3.8) is 0 Å². The number of rotatable bonds is 11. The number of piperidine rings is 1. The number of carbonyl (C=O) groups excluding carboxylic acids is 2. The molecule has 5 saturated carbocycles. The topological polar surface area (TPSA) is 142 Å². The van der Waals surface area contributed by atoms with E-state index in [0.717, 1.165) is 0 Å². The number of aliphatic hydroxyl groups excluding tert-OH is 1. The van der Waals surface area contributed by atoms with Crippen LogP contribution < -0.4 is 0 Å². The Labute approximate surface area is 282 Å². The molecular weight excluding hydrogens is 622 g/mol. The number of fused-ring (bicyclic) bond motifs is 2. The van der Waals surface area contributed by atoms with Gasteiger partial charge in [0.1, 0.15) is 35.6 Å². The summed E-state index contributed by atoms with van der Waals surface area (Å²) in [6.07, 6.45) is -4.37. The molecule has 0 aromatic heterocycles. The zero-order valence-corrected chi connectivity index (χ0v) is 29.0. The van der Waals surface area contributed by atoms with Crippen molar-refractivity contribution in [3.8, 4) is 0 Å². The van der Waals surface area contributed by atoms with Crippen LogP contribution in [-0.4, -0.2) is 136 Å². The third-order valence-electron chi connectivity index (χ3n) is 13.5. The summed E-state index contributed by atoms with van der Waals surface area (Å²) in [6.45, 7) is 7.20. The third-order valence-corrected chi connectivity index (χ3v) is 13.5. The summed E-state index contributed by atoms with van der Waals surface area (Å²) in [5.74, 6) is -2.72. The fourth-order valence-corrected chi connectivity index (χ4v) is 12.7. The minimum absolute atomic E-state index is 0.170. The Morgan fingerprint density at radius 3 is 2.27 bits per heavy atom. The summed E-state index contributed by atoms with van der Waals surface area (Å²) < 4.78 is 44.7. The van der Waals surface area contributed by atoms with E-state index in [9.17, 15) is 19.8 Å². The highest BCUT2D eigenvalue weighted by Gasteiger charge is 2.91. The Hall–Kier alpha value is -2.16. The van der Waals surface area contributed by atoms with Crippen molar-refractivity contribution in [2.45, 2.75) is 87.5 Å². The van der Waals surface area contributed by atoms with E-state index < -0.39 is 76.5 Å². The number of likely N-dealkylation sites (tertiary alicyclic amines) is 1.